The van der Waals surface area contributed by atoms with Crippen LogP contribution in [0.5, 0.6) is 0 Å². The lowest BCUT2D eigenvalue weighted by Gasteiger charge is -2.07. The molecule has 0 radical (unpaired) electrons. The molecule has 1 aromatic carbocycles. The van der Waals surface area contributed by atoms with E-state index in [4.69, 9.17) is 11.6 Å². The zero-order valence-corrected chi connectivity index (χ0v) is 10.8. The number of carbonyl (C=O) groups is 1. The van der Waals surface area contributed by atoms with Gasteiger partial charge in [0.25, 0.3) is 0 Å². The Hall–Kier alpha value is -1.13. The van der Waals surface area contributed by atoms with E-state index in [1.807, 2.05) is 0 Å². The number of hydrogen-bond acceptors (Lipinski definition) is 2. The number of nitrogens with one attached hydrogen (secondary N) is 2. The van der Waals surface area contributed by atoms with Crippen LogP contribution in [0, 0.1) is 11.7 Å². The van der Waals surface area contributed by atoms with Crippen molar-refractivity contribution in [1.29, 1.82) is 0 Å². The third-order valence-corrected chi connectivity index (χ3v) is 3.19. The molecule has 0 bridgehead atoms. The van der Waals surface area contributed by atoms with E-state index >= 15 is 0 Å². The zero-order chi connectivity index (χ0) is 13.0. The fraction of sp³-hybridized carbons (Fsp3) is 0.462. The fourth-order valence-electron chi connectivity index (χ4n) is 1.67. The largest absolute Gasteiger partial charge is 0.355 e. The predicted molar refractivity (Wildman–Crippen MR) is 68.9 cm³/mol. The normalized spacial score (nSPS) is 14.6. The van der Waals surface area contributed by atoms with Crippen molar-refractivity contribution in [1.82, 2.24) is 10.6 Å². The van der Waals surface area contributed by atoms with Gasteiger partial charge < -0.3 is 10.6 Å². The first kappa shape index (κ1) is 13.3. The van der Waals surface area contributed by atoms with E-state index in [9.17, 15) is 9.18 Å². The lowest BCUT2D eigenvalue weighted by Crippen LogP contribution is -2.32. The maximum atomic E-state index is 13.5. The Bertz CT molecular complexity index is 435. The summed E-state index contributed by atoms with van der Waals surface area (Å²) in [6, 6.07) is 4.94. The molecule has 2 N–H and O–H groups in total. The van der Waals surface area contributed by atoms with Gasteiger partial charge in [-0.25, -0.2) is 4.39 Å². The van der Waals surface area contributed by atoms with Gasteiger partial charge >= 0.3 is 0 Å². The summed E-state index contributed by atoms with van der Waals surface area (Å²) >= 11 is 5.68. The molecule has 1 aliphatic rings. The molecule has 1 aliphatic carbocycles. The van der Waals surface area contributed by atoms with E-state index < -0.39 is 0 Å². The minimum absolute atomic E-state index is 0.130. The van der Waals surface area contributed by atoms with Crippen molar-refractivity contribution in [2.45, 2.75) is 19.4 Å². The van der Waals surface area contributed by atoms with Gasteiger partial charge in [0.15, 0.2) is 0 Å². The molecule has 98 valence electrons. The van der Waals surface area contributed by atoms with Crippen molar-refractivity contribution in [2.75, 3.05) is 13.1 Å². The van der Waals surface area contributed by atoms with Gasteiger partial charge in [0.05, 0.1) is 5.02 Å². The summed E-state index contributed by atoms with van der Waals surface area (Å²) in [7, 11) is 0. The van der Waals surface area contributed by atoms with Gasteiger partial charge in [-0.2, -0.15) is 0 Å². The Kier molecular flexibility index (Phi) is 4.55. The number of benzene rings is 1. The first-order chi connectivity index (χ1) is 8.68. The highest BCUT2D eigenvalue weighted by Gasteiger charge is 2.28. The number of carbonyl (C=O) groups excluding carboxylic acids is 1. The predicted octanol–water partition coefficient (Wildman–Crippen LogP) is 2.09. The van der Waals surface area contributed by atoms with E-state index in [-0.39, 0.29) is 22.7 Å². The summed E-state index contributed by atoms with van der Waals surface area (Å²) in [6.45, 7) is 1.59. The molecule has 0 spiro atoms. The third kappa shape index (κ3) is 3.68. The van der Waals surface area contributed by atoms with Crippen LogP contribution in [0.3, 0.4) is 0 Å². The molecule has 0 saturated heterocycles. The average Bonchev–Trinajstić information content (AvgIpc) is 3.18. The van der Waals surface area contributed by atoms with Crippen LogP contribution in [-0.4, -0.2) is 19.0 Å². The minimum Gasteiger partial charge on any atom is -0.355 e. The number of hydrogen-bond donors (Lipinski definition) is 2. The molecule has 0 aromatic heterocycles. The van der Waals surface area contributed by atoms with Gasteiger partial charge in [0.2, 0.25) is 5.91 Å². The molecule has 3 nitrogen and oxygen atoms in total. The van der Waals surface area contributed by atoms with Crippen LogP contribution in [0.25, 0.3) is 0 Å². The maximum Gasteiger partial charge on any atom is 0.223 e. The van der Waals surface area contributed by atoms with E-state index in [0.717, 1.165) is 12.8 Å². The average molecular weight is 271 g/mol. The Morgan fingerprint density at radius 1 is 1.39 bits per heavy atom. The number of halogens is 2. The summed E-state index contributed by atoms with van der Waals surface area (Å²) in [6.07, 6.45) is 2.01. The first-order valence-corrected chi connectivity index (χ1v) is 6.47. The molecule has 0 unspecified atom stereocenters. The molecule has 1 amide bonds. The SMILES string of the molecule is O=C(NCCNCc1cccc(Cl)c1F)C1CC1. The molecule has 5 heteroatoms. The topological polar surface area (TPSA) is 41.1 Å². The van der Waals surface area contributed by atoms with E-state index in [1.54, 1.807) is 12.1 Å². The van der Waals surface area contributed by atoms with Crippen molar-refractivity contribution < 1.29 is 9.18 Å². The minimum atomic E-state index is -0.381. The quantitative estimate of drug-likeness (QED) is 0.778. The van der Waals surface area contributed by atoms with Crippen LogP contribution in [-0.2, 0) is 11.3 Å². The highest BCUT2D eigenvalue weighted by Crippen LogP contribution is 2.28. The van der Waals surface area contributed by atoms with E-state index in [0.29, 0.717) is 25.2 Å². The molecule has 1 aromatic rings. The lowest BCUT2D eigenvalue weighted by molar-refractivity contribution is -0.122. The maximum absolute atomic E-state index is 13.5. The van der Waals surface area contributed by atoms with Gasteiger partial charge in [0, 0.05) is 31.1 Å². The van der Waals surface area contributed by atoms with Crippen molar-refractivity contribution >= 4 is 17.5 Å². The van der Waals surface area contributed by atoms with Gasteiger partial charge in [0.1, 0.15) is 5.82 Å². The third-order valence-electron chi connectivity index (χ3n) is 2.90. The second kappa shape index (κ2) is 6.16. The van der Waals surface area contributed by atoms with Gasteiger partial charge in [-0.05, 0) is 18.9 Å². The van der Waals surface area contributed by atoms with Crippen LogP contribution in [0.1, 0.15) is 18.4 Å². The van der Waals surface area contributed by atoms with Crippen LogP contribution in [0.4, 0.5) is 4.39 Å². The van der Waals surface area contributed by atoms with Gasteiger partial charge in [-0.15, -0.1) is 0 Å². The standard InChI is InChI=1S/C13H16ClFN2O/c14-11-3-1-2-10(12(11)15)8-16-6-7-17-13(18)9-4-5-9/h1-3,9,16H,4-8H2,(H,17,18). The molecular weight excluding hydrogens is 255 g/mol. The molecule has 18 heavy (non-hydrogen) atoms. The molecule has 1 saturated carbocycles. The fourth-order valence-corrected chi connectivity index (χ4v) is 1.87. The van der Waals surface area contributed by atoms with E-state index in [2.05, 4.69) is 10.6 Å². The highest BCUT2D eigenvalue weighted by molar-refractivity contribution is 6.30. The smallest absolute Gasteiger partial charge is 0.223 e. The molecule has 2 rings (SSSR count). The summed E-state index contributed by atoms with van der Waals surface area (Å²) < 4.78 is 13.5. The number of rotatable bonds is 6. The Morgan fingerprint density at radius 2 is 2.17 bits per heavy atom. The summed E-state index contributed by atoms with van der Waals surface area (Å²) in [5, 5.41) is 6.04. The Labute approximate surface area is 111 Å². The second-order valence-corrected chi connectivity index (χ2v) is 4.86. The van der Waals surface area contributed by atoms with Crippen LogP contribution >= 0.6 is 11.6 Å². The molecular formula is C13H16ClFN2O. The molecule has 0 atom stereocenters. The van der Waals surface area contributed by atoms with Gasteiger partial charge in [-0.1, -0.05) is 23.7 Å². The van der Waals surface area contributed by atoms with Crippen molar-refractivity contribution in [3.8, 4) is 0 Å². The zero-order valence-electron chi connectivity index (χ0n) is 10.0. The summed E-state index contributed by atoms with van der Waals surface area (Å²) in [5.41, 5.74) is 0.538. The monoisotopic (exact) mass is 270 g/mol. The molecule has 1 fully saturated rings. The summed E-state index contributed by atoms with van der Waals surface area (Å²) in [5.74, 6) is -0.0187. The molecule has 0 heterocycles. The molecule has 0 aliphatic heterocycles. The van der Waals surface area contributed by atoms with Crippen LogP contribution < -0.4 is 10.6 Å². The first-order valence-electron chi connectivity index (χ1n) is 6.10. The van der Waals surface area contributed by atoms with Crippen molar-refractivity contribution in [3.05, 3.63) is 34.6 Å². The van der Waals surface area contributed by atoms with Crippen molar-refractivity contribution in [3.63, 3.8) is 0 Å². The lowest BCUT2D eigenvalue weighted by atomic mass is 10.2. The van der Waals surface area contributed by atoms with Crippen LogP contribution in [0.15, 0.2) is 18.2 Å². The Balaban J connectivity index is 1.65. The number of amides is 1. The summed E-state index contributed by atoms with van der Waals surface area (Å²) in [4.78, 5) is 11.3. The highest BCUT2D eigenvalue weighted by atomic mass is 35.5. The second-order valence-electron chi connectivity index (χ2n) is 4.46. The van der Waals surface area contributed by atoms with Crippen molar-refractivity contribution in [2.24, 2.45) is 5.92 Å². The van der Waals surface area contributed by atoms with Crippen LogP contribution in [0.2, 0.25) is 5.02 Å². The Morgan fingerprint density at radius 3 is 2.89 bits per heavy atom. The van der Waals surface area contributed by atoms with Gasteiger partial charge in [-0.3, -0.25) is 4.79 Å². The van der Waals surface area contributed by atoms with E-state index in [1.165, 1.54) is 6.07 Å².